The predicted octanol–water partition coefficient (Wildman–Crippen LogP) is 2.07. The molecule has 2 N–H and O–H groups in total. The van der Waals surface area contributed by atoms with E-state index in [1.807, 2.05) is 0 Å². The summed E-state index contributed by atoms with van der Waals surface area (Å²) in [6.45, 7) is 1.66. The normalized spacial score (nSPS) is 10.1. The lowest BCUT2D eigenvalue weighted by Gasteiger charge is -2.06. The van der Waals surface area contributed by atoms with Gasteiger partial charge in [-0.05, 0) is 36.8 Å². The topological polar surface area (TPSA) is 62.0 Å². The number of nitrogens with one attached hydrogen (secondary N) is 2. The maximum atomic E-state index is 13.0. The number of benzene rings is 1. The quantitative estimate of drug-likeness (QED) is 0.852. The summed E-state index contributed by atoms with van der Waals surface area (Å²) in [5.74, 6) is -1.01. The van der Waals surface area contributed by atoms with Crippen LogP contribution in [0.5, 0.6) is 0 Å². The molecule has 4 nitrogen and oxygen atoms in total. The van der Waals surface area contributed by atoms with Crippen LogP contribution in [0.25, 0.3) is 0 Å². The van der Waals surface area contributed by atoms with Crippen LogP contribution in [0.3, 0.4) is 0 Å². The molecular formula is C13H11FN2O2. The molecule has 0 aliphatic rings. The maximum absolute atomic E-state index is 13.0. The van der Waals surface area contributed by atoms with E-state index in [4.69, 9.17) is 0 Å². The first-order valence-electron chi connectivity index (χ1n) is 5.33. The van der Waals surface area contributed by atoms with Gasteiger partial charge in [0.1, 0.15) is 11.4 Å². The number of amides is 1. The van der Waals surface area contributed by atoms with Crippen molar-refractivity contribution in [3.05, 3.63) is 63.8 Å². The van der Waals surface area contributed by atoms with Crippen LogP contribution in [0.1, 0.15) is 15.9 Å². The number of hydrogen-bond acceptors (Lipinski definition) is 2. The van der Waals surface area contributed by atoms with E-state index >= 15 is 0 Å². The molecule has 0 fully saturated rings. The van der Waals surface area contributed by atoms with Gasteiger partial charge in [0.15, 0.2) is 0 Å². The molecule has 2 aromatic rings. The van der Waals surface area contributed by atoms with Gasteiger partial charge in [-0.25, -0.2) is 4.39 Å². The lowest BCUT2D eigenvalue weighted by molar-refractivity contribution is 0.102. The third-order valence-corrected chi connectivity index (χ3v) is 2.48. The highest BCUT2D eigenvalue weighted by atomic mass is 19.1. The van der Waals surface area contributed by atoms with Crippen LogP contribution in [-0.2, 0) is 0 Å². The van der Waals surface area contributed by atoms with E-state index in [0.717, 1.165) is 0 Å². The average Bonchev–Trinajstić information content (AvgIpc) is 2.28. The van der Waals surface area contributed by atoms with Crippen LogP contribution in [0.15, 0.2) is 41.3 Å². The summed E-state index contributed by atoms with van der Waals surface area (Å²) >= 11 is 0. The van der Waals surface area contributed by atoms with Gasteiger partial charge in [0.05, 0.1) is 0 Å². The van der Waals surface area contributed by atoms with E-state index in [1.54, 1.807) is 19.1 Å². The number of pyridine rings is 1. The number of anilines is 1. The molecule has 0 saturated carbocycles. The van der Waals surface area contributed by atoms with Gasteiger partial charge in [-0.15, -0.1) is 0 Å². The first-order valence-corrected chi connectivity index (χ1v) is 5.33. The van der Waals surface area contributed by atoms with E-state index in [0.29, 0.717) is 11.3 Å². The molecule has 1 aromatic carbocycles. The first kappa shape index (κ1) is 12.0. The van der Waals surface area contributed by atoms with E-state index in [2.05, 4.69) is 10.3 Å². The number of aromatic amines is 1. The van der Waals surface area contributed by atoms with Crippen molar-refractivity contribution in [3.8, 4) is 0 Å². The Morgan fingerprint density at radius 2 is 2.11 bits per heavy atom. The molecule has 5 heteroatoms. The number of aromatic nitrogens is 1. The highest BCUT2D eigenvalue weighted by Gasteiger charge is 2.13. The third-order valence-electron chi connectivity index (χ3n) is 2.48. The molecule has 0 aliphatic carbocycles. The van der Waals surface area contributed by atoms with Crippen LogP contribution in [0.2, 0.25) is 0 Å². The summed E-state index contributed by atoms with van der Waals surface area (Å²) in [7, 11) is 0. The van der Waals surface area contributed by atoms with Gasteiger partial charge in [0.25, 0.3) is 11.5 Å². The Hall–Kier alpha value is -2.43. The molecule has 0 unspecified atom stereocenters. The second-order valence-corrected chi connectivity index (χ2v) is 3.83. The number of aryl methyl sites for hydroxylation is 1. The fourth-order valence-electron chi connectivity index (χ4n) is 1.62. The monoisotopic (exact) mass is 246 g/mol. The Kier molecular flexibility index (Phi) is 3.23. The van der Waals surface area contributed by atoms with Crippen molar-refractivity contribution in [1.82, 2.24) is 4.98 Å². The molecule has 1 heterocycles. The molecule has 2 rings (SSSR count). The van der Waals surface area contributed by atoms with Crippen molar-refractivity contribution < 1.29 is 9.18 Å². The third kappa shape index (κ3) is 2.45. The van der Waals surface area contributed by atoms with Gasteiger partial charge < -0.3 is 10.3 Å². The number of rotatable bonds is 2. The largest absolute Gasteiger partial charge is 0.328 e. The molecule has 92 valence electrons. The fraction of sp³-hybridized carbons (Fsp3) is 0.0769. The zero-order chi connectivity index (χ0) is 13.1. The highest BCUT2D eigenvalue weighted by Crippen LogP contribution is 2.11. The highest BCUT2D eigenvalue weighted by molar-refractivity contribution is 6.04. The molecule has 1 aromatic heterocycles. The smallest absolute Gasteiger partial charge is 0.261 e. The van der Waals surface area contributed by atoms with Crippen LogP contribution < -0.4 is 10.9 Å². The summed E-state index contributed by atoms with van der Waals surface area (Å²) in [6, 6.07) is 7.11. The minimum atomic E-state index is -0.556. The Bertz CT molecular complexity index is 649. The van der Waals surface area contributed by atoms with Gasteiger partial charge in [0.2, 0.25) is 0 Å². The SMILES string of the molecule is Cc1cc[nH]c(=O)c1C(=O)Nc1cccc(F)c1. The number of carbonyl (C=O) groups is 1. The lowest BCUT2D eigenvalue weighted by atomic mass is 10.1. The minimum absolute atomic E-state index is 0.0294. The number of carbonyl (C=O) groups excluding carboxylic acids is 1. The van der Waals surface area contributed by atoms with Crippen molar-refractivity contribution in [2.75, 3.05) is 5.32 Å². The number of hydrogen-bond donors (Lipinski definition) is 2. The Balaban J connectivity index is 2.31. The second kappa shape index (κ2) is 4.83. The van der Waals surface area contributed by atoms with Crippen molar-refractivity contribution >= 4 is 11.6 Å². The van der Waals surface area contributed by atoms with E-state index in [9.17, 15) is 14.0 Å². The van der Waals surface area contributed by atoms with Crippen LogP contribution in [-0.4, -0.2) is 10.9 Å². The van der Waals surface area contributed by atoms with E-state index in [1.165, 1.54) is 24.4 Å². The molecule has 0 spiro atoms. The summed E-state index contributed by atoms with van der Waals surface area (Å²) in [5.41, 5.74) is 0.431. The van der Waals surface area contributed by atoms with Gasteiger partial charge in [-0.2, -0.15) is 0 Å². The van der Waals surface area contributed by atoms with Crippen LogP contribution in [0.4, 0.5) is 10.1 Å². The first-order chi connectivity index (χ1) is 8.58. The van der Waals surface area contributed by atoms with Crippen LogP contribution >= 0.6 is 0 Å². The van der Waals surface area contributed by atoms with Crippen molar-refractivity contribution in [2.24, 2.45) is 0 Å². The fourth-order valence-corrected chi connectivity index (χ4v) is 1.62. The Morgan fingerprint density at radius 3 is 2.78 bits per heavy atom. The second-order valence-electron chi connectivity index (χ2n) is 3.83. The number of halogens is 1. The van der Waals surface area contributed by atoms with Crippen LogP contribution in [0, 0.1) is 12.7 Å². The zero-order valence-corrected chi connectivity index (χ0v) is 9.66. The Morgan fingerprint density at radius 1 is 1.33 bits per heavy atom. The Labute approximate surface area is 102 Å². The average molecular weight is 246 g/mol. The van der Waals surface area contributed by atoms with Crippen molar-refractivity contribution in [2.45, 2.75) is 6.92 Å². The molecule has 0 bridgehead atoms. The summed E-state index contributed by atoms with van der Waals surface area (Å²) in [4.78, 5) is 25.9. The van der Waals surface area contributed by atoms with Crippen molar-refractivity contribution in [1.29, 1.82) is 0 Å². The lowest BCUT2D eigenvalue weighted by Crippen LogP contribution is -2.24. The summed E-state index contributed by atoms with van der Waals surface area (Å²) in [5, 5.41) is 2.48. The van der Waals surface area contributed by atoms with Gasteiger partial charge in [-0.1, -0.05) is 6.07 Å². The molecular weight excluding hydrogens is 235 g/mol. The molecule has 18 heavy (non-hydrogen) atoms. The van der Waals surface area contributed by atoms with Crippen molar-refractivity contribution in [3.63, 3.8) is 0 Å². The minimum Gasteiger partial charge on any atom is -0.328 e. The summed E-state index contributed by atoms with van der Waals surface area (Å²) < 4.78 is 13.0. The van der Waals surface area contributed by atoms with E-state index in [-0.39, 0.29) is 5.56 Å². The number of H-pyrrole nitrogens is 1. The molecule has 0 atom stereocenters. The van der Waals surface area contributed by atoms with E-state index < -0.39 is 17.3 Å². The zero-order valence-electron chi connectivity index (χ0n) is 9.66. The molecule has 1 amide bonds. The maximum Gasteiger partial charge on any atom is 0.261 e. The molecule has 0 aliphatic heterocycles. The van der Waals surface area contributed by atoms with Gasteiger partial charge in [0, 0.05) is 11.9 Å². The van der Waals surface area contributed by atoms with Gasteiger partial charge >= 0.3 is 0 Å². The molecule has 0 radical (unpaired) electrons. The van der Waals surface area contributed by atoms with Gasteiger partial charge in [-0.3, -0.25) is 9.59 Å². The molecule has 0 saturated heterocycles. The summed E-state index contributed by atoms with van der Waals surface area (Å²) in [6.07, 6.45) is 1.47. The standard InChI is InChI=1S/C13H11FN2O2/c1-8-5-6-15-12(17)11(8)13(18)16-10-4-2-3-9(14)7-10/h2-7H,1H3,(H,15,17)(H,16,18). The predicted molar refractivity (Wildman–Crippen MR) is 66.2 cm³/mol.